The highest BCUT2D eigenvalue weighted by Gasteiger charge is 2.26. The van der Waals surface area contributed by atoms with Crippen LogP contribution < -0.4 is 10.6 Å². The Hall–Kier alpha value is -4.21. The number of anilines is 2. The van der Waals surface area contributed by atoms with Crippen LogP contribution in [0.2, 0.25) is 10.0 Å². The van der Waals surface area contributed by atoms with Gasteiger partial charge in [-0.2, -0.15) is 4.98 Å². The Bertz CT molecular complexity index is 1470. The van der Waals surface area contributed by atoms with E-state index in [-0.39, 0.29) is 28.3 Å². The van der Waals surface area contributed by atoms with Gasteiger partial charge in [-0.05, 0) is 41.5 Å². The zero-order chi connectivity index (χ0) is 24.5. The maximum atomic E-state index is 12.8. The number of aromatic nitrogens is 3. The van der Waals surface area contributed by atoms with E-state index in [1.807, 2.05) is 48.5 Å². The number of allylic oxidation sites excluding steroid dienone is 1. The molecule has 1 amide bonds. The van der Waals surface area contributed by atoms with Gasteiger partial charge in [-0.25, -0.2) is 4.68 Å². The summed E-state index contributed by atoms with van der Waals surface area (Å²) in [5.74, 6) is -0.139. The van der Waals surface area contributed by atoms with Gasteiger partial charge >= 0.3 is 0 Å². The van der Waals surface area contributed by atoms with Crippen LogP contribution in [0.4, 0.5) is 17.6 Å². The molecular weight excluding hydrogens is 491 g/mol. The number of hydrogen-bond donors (Lipinski definition) is 2. The van der Waals surface area contributed by atoms with E-state index >= 15 is 0 Å². The lowest BCUT2D eigenvalue weighted by Gasteiger charge is -2.24. The molecule has 0 unspecified atom stereocenters. The average Bonchev–Trinajstić information content (AvgIpc) is 3.26. The van der Waals surface area contributed by atoms with Gasteiger partial charge in [-0.1, -0.05) is 65.7 Å². The summed E-state index contributed by atoms with van der Waals surface area (Å²) in [6.07, 6.45) is 2.01. The van der Waals surface area contributed by atoms with Gasteiger partial charge in [0.15, 0.2) is 0 Å². The van der Waals surface area contributed by atoms with Crippen molar-refractivity contribution in [3.8, 4) is 0 Å². The van der Waals surface area contributed by atoms with Crippen LogP contribution in [0.25, 0.3) is 5.70 Å². The summed E-state index contributed by atoms with van der Waals surface area (Å²) in [7, 11) is 0. The Balaban J connectivity index is 1.48. The monoisotopic (exact) mass is 506 g/mol. The van der Waals surface area contributed by atoms with Gasteiger partial charge in [0, 0.05) is 22.3 Å². The van der Waals surface area contributed by atoms with Crippen LogP contribution in [-0.2, 0) is 0 Å². The molecule has 5 rings (SSSR count). The summed E-state index contributed by atoms with van der Waals surface area (Å²) in [6, 6.07) is 20.6. The average molecular weight is 507 g/mol. The predicted molar refractivity (Wildman–Crippen MR) is 134 cm³/mol. The number of hydrogen-bond acceptors (Lipinski definition) is 6. The van der Waals surface area contributed by atoms with E-state index in [1.54, 1.807) is 16.8 Å². The van der Waals surface area contributed by atoms with E-state index in [1.165, 1.54) is 12.1 Å². The van der Waals surface area contributed by atoms with Crippen LogP contribution in [0.5, 0.6) is 0 Å². The molecule has 0 aliphatic carbocycles. The zero-order valence-electron chi connectivity index (χ0n) is 17.9. The van der Waals surface area contributed by atoms with E-state index in [0.717, 1.165) is 22.9 Å². The molecule has 0 fully saturated rings. The molecule has 174 valence electrons. The zero-order valence-corrected chi connectivity index (χ0v) is 19.4. The lowest BCUT2D eigenvalue weighted by atomic mass is 10.0. The first-order chi connectivity index (χ1) is 16.9. The molecule has 1 aliphatic heterocycles. The minimum absolute atomic E-state index is 0.0433. The van der Waals surface area contributed by atoms with Crippen LogP contribution in [0.1, 0.15) is 27.5 Å². The van der Waals surface area contributed by atoms with Gasteiger partial charge in [-0.15, -0.1) is 5.10 Å². The third kappa shape index (κ3) is 4.59. The molecule has 0 bridgehead atoms. The maximum Gasteiger partial charge on any atom is 0.288 e. The van der Waals surface area contributed by atoms with Crippen molar-refractivity contribution in [1.82, 2.24) is 14.8 Å². The van der Waals surface area contributed by atoms with Gasteiger partial charge < -0.3 is 5.32 Å². The number of halogens is 2. The first kappa shape index (κ1) is 22.6. The minimum atomic E-state index is -0.648. The normalized spacial score (nSPS) is 14.5. The van der Waals surface area contributed by atoms with Crippen LogP contribution >= 0.6 is 23.2 Å². The van der Waals surface area contributed by atoms with Gasteiger partial charge in [0.25, 0.3) is 17.5 Å². The number of nitrogens with zero attached hydrogens (tertiary/aromatic N) is 4. The molecule has 11 heteroatoms. The fourth-order valence-electron chi connectivity index (χ4n) is 3.70. The second kappa shape index (κ2) is 9.21. The van der Waals surface area contributed by atoms with Crippen molar-refractivity contribution in [3.63, 3.8) is 0 Å². The lowest BCUT2D eigenvalue weighted by Crippen LogP contribution is -2.20. The van der Waals surface area contributed by atoms with Crippen LogP contribution in [0.15, 0.2) is 78.9 Å². The SMILES string of the molecule is O=C(Nc1nc2n(n1)[C@H](c1ccccc1)C=C(c1ccc(Cl)cc1)N2)c1ccc(Cl)c([N+](=O)[O-])c1. The van der Waals surface area contributed by atoms with E-state index in [2.05, 4.69) is 20.7 Å². The maximum absolute atomic E-state index is 12.8. The number of amides is 1. The number of nitro groups is 1. The number of carbonyl (C=O) groups is 1. The summed E-state index contributed by atoms with van der Waals surface area (Å²) in [6.45, 7) is 0. The third-order valence-corrected chi connectivity index (χ3v) is 5.96. The Morgan fingerprint density at radius 2 is 1.80 bits per heavy atom. The Kier molecular flexibility index (Phi) is 5.94. The quantitative estimate of drug-likeness (QED) is 0.261. The number of rotatable bonds is 5. The topological polar surface area (TPSA) is 115 Å². The van der Waals surface area contributed by atoms with Crippen molar-refractivity contribution >= 4 is 52.4 Å². The molecule has 1 aliphatic rings. The van der Waals surface area contributed by atoms with Crippen molar-refractivity contribution < 1.29 is 9.72 Å². The van der Waals surface area contributed by atoms with E-state index in [0.29, 0.717) is 11.0 Å². The molecule has 4 aromatic rings. The highest BCUT2D eigenvalue weighted by molar-refractivity contribution is 6.32. The standard InChI is InChI=1S/C24H16Cl2N6O3/c25-17-9-6-14(7-10-17)19-13-20(15-4-2-1-3-5-15)31-24(27-19)29-23(30-31)28-22(33)16-8-11-18(26)21(12-16)32(34)35/h1-13,20H,(H2,27,28,29,30,33)/t20-/m0/s1. The van der Waals surface area contributed by atoms with Crippen molar-refractivity contribution in [2.75, 3.05) is 10.6 Å². The number of carbonyl (C=O) groups excluding carboxylic acids is 1. The van der Waals surface area contributed by atoms with E-state index < -0.39 is 10.8 Å². The van der Waals surface area contributed by atoms with Crippen LogP contribution in [0.3, 0.4) is 0 Å². The van der Waals surface area contributed by atoms with Crippen molar-refractivity contribution in [2.45, 2.75) is 6.04 Å². The van der Waals surface area contributed by atoms with Crippen LogP contribution in [-0.4, -0.2) is 25.6 Å². The molecule has 0 spiro atoms. The molecular formula is C24H16Cl2N6O3. The first-order valence-electron chi connectivity index (χ1n) is 10.4. The summed E-state index contributed by atoms with van der Waals surface area (Å²) >= 11 is 11.9. The highest BCUT2D eigenvalue weighted by Crippen LogP contribution is 2.33. The molecule has 2 N–H and O–H groups in total. The molecule has 1 aromatic heterocycles. The van der Waals surface area contributed by atoms with Gasteiger partial charge in [0.1, 0.15) is 11.1 Å². The first-order valence-corrected chi connectivity index (χ1v) is 11.2. The summed E-state index contributed by atoms with van der Waals surface area (Å²) in [5.41, 5.74) is 2.38. The molecule has 1 atom stereocenters. The molecule has 35 heavy (non-hydrogen) atoms. The Labute approximate surface area is 209 Å². The third-order valence-electron chi connectivity index (χ3n) is 5.39. The number of nitrogens with one attached hydrogen (secondary N) is 2. The van der Waals surface area contributed by atoms with E-state index in [9.17, 15) is 14.9 Å². The molecule has 0 radical (unpaired) electrons. The molecule has 0 saturated heterocycles. The number of benzene rings is 3. The Morgan fingerprint density at radius 1 is 1.06 bits per heavy atom. The molecule has 0 saturated carbocycles. The largest absolute Gasteiger partial charge is 0.324 e. The molecule has 9 nitrogen and oxygen atoms in total. The van der Waals surface area contributed by atoms with E-state index in [4.69, 9.17) is 23.2 Å². The minimum Gasteiger partial charge on any atom is -0.324 e. The smallest absolute Gasteiger partial charge is 0.288 e. The van der Waals surface area contributed by atoms with Gasteiger partial charge in [0.05, 0.1) is 4.92 Å². The fourth-order valence-corrected chi connectivity index (χ4v) is 4.01. The lowest BCUT2D eigenvalue weighted by molar-refractivity contribution is -0.384. The Morgan fingerprint density at radius 3 is 2.51 bits per heavy atom. The number of nitro benzene ring substituents is 1. The predicted octanol–water partition coefficient (Wildman–Crippen LogP) is 5.80. The van der Waals surface area contributed by atoms with Crippen molar-refractivity contribution in [2.24, 2.45) is 0 Å². The fraction of sp³-hybridized carbons (Fsp3) is 0.0417. The van der Waals surface area contributed by atoms with Crippen molar-refractivity contribution in [1.29, 1.82) is 0 Å². The molecule has 2 heterocycles. The van der Waals surface area contributed by atoms with Gasteiger partial charge in [-0.3, -0.25) is 20.2 Å². The molecule has 3 aromatic carbocycles. The second-order valence-corrected chi connectivity index (χ2v) is 8.49. The second-order valence-electron chi connectivity index (χ2n) is 7.65. The summed E-state index contributed by atoms with van der Waals surface area (Å²) in [4.78, 5) is 27.7. The number of fused-ring (bicyclic) bond motifs is 1. The van der Waals surface area contributed by atoms with Crippen LogP contribution in [0, 0.1) is 10.1 Å². The van der Waals surface area contributed by atoms with Gasteiger partial charge in [0.2, 0.25) is 5.95 Å². The highest BCUT2D eigenvalue weighted by atomic mass is 35.5. The summed E-state index contributed by atoms with van der Waals surface area (Å²) in [5, 5.41) is 22.1. The summed E-state index contributed by atoms with van der Waals surface area (Å²) < 4.78 is 1.66. The van der Waals surface area contributed by atoms with Crippen molar-refractivity contribution in [3.05, 3.63) is 116 Å².